The molecule has 0 bridgehead atoms. The fourth-order valence-corrected chi connectivity index (χ4v) is 4.13. The van der Waals surface area contributed by atoms with E-state index in [-0.39, 0.29) is 5.91 Å². The van der Waals surface area contributed by atoms with Crippen LogP contribution in [0.25, 0.3) is 5.57 Å². The highest BCUT2D eigenvalue weighted by Gasteiger charge is 2.23. The molecule has 2 aliphatic rings. The average Bonchev–Trinajstić information content (AvgIpc) is 2.75. The van der Waals surface area contributed by atoms with Crippen molar-refractivity contribution in [1.82, 2.24) is 9.80 Å². The quantitative estimate of drug-likeness (QED) is 0.788. The molecular formula is C23H26ClN3O. The zero-order chi connectivity index (χ0) is 19.3. The van der Waals surface area contributed by atoms with Crippen molar-refractivity contribution >= 4 is 28.8 Å². The van der Waals surface area contributed by atoms with Crippen molar-refractivity contribution in [2.24, 2.45) is 0 Å². The molecule has 0 spiro atoms. The molecule has 5 heteroatoms. The van der Waals surface area contributed by atoms with Crippen molar-refractivity contribution in [3.05, 3.63) is 71.3 Å². The van der Waals surface area contributed by atoms with E-state index in [1.54, 1.807) is 0 Å². The van der Waals surface area contributed by atoms with E-state index in [1.807, 2.05) is 29.2 Å². The molecule has 4 nitrogen and oxygen atoms in total. The molecule has 1 fully saturated rings. The minimum absolute atomic E-state index is 0.238. The molecule has 2 heterocycles. The lowest BCUT2D eigenvalue weighted by Gasteiger charge is -2.37. The first kappa shape index (κ1) is 19.0. The summed E-state index contributed by atoms with van der Waals surface area (Å²) in [7, 11) is 0. The van der Waals surface area contributed by atoms with Gasteiger partial charge in [-0.25, -0.2) is 0 Å². The smallest absolute Gasteiger partial charge is 0.236 e. The van der Waals surface area contributed by atoms with Crippen molar-refractivity contribution in [2.75, 3.05) is 50.7 Å². The van der Waals surface area contributed by atoms with Crippen LogP contribution in [0.5, 0.6) is 0 Å². The van der Waals surface area contributed by atoms with Crippen LogP contribution in [0.4, 0.5) is 5.69 Å². The summed E-state index contributed by atoms with van der Waals surface area (Å²) < 4.78 is 0. The van der Waals surface area contributed by atoms with E-state index in [4.69, 9.17) is 11.6 Å². The van der Waals surface area contributed by atoms with E-state index in [0.717, 1.165) is 56.4 Å². The SMILES string of the molecule is O=C(CN1CC=C(c2ccccc2)CC1)N1CCN(c2cccc(Cl)c2)CC1. The molecule has 2 aliphatic heterocycles. The van der Waals surface area contributed by atoms with Crippen LogP contribution in [-0.2, 0) is 4.79 Å². The number of anilines is 1. The summed E-state index contributed by atoms with van der Waals surface area (Å²) in [6.07, 6.45) is 3.27. The van der Waals surface area contributed by atoms with Gasteiger partial charge < -0.3 is 9.80 Å². The van der Waals surface area contributed by atoms with Crippen molar-refractivity contribution < 1.29 is 4.79 Å². The van der Waals surface area contributed by atoms with Gasteiger partial charge in [0.2, 0.25) is 5.91 Å². The molecule has 1 saturated heterocycles. The van der Waals surface area contributed by atoms with E-state index in [1.165, 1.54) is 11.1 Å². The van der Waals surface area contributed by atoms with Crippen LogP contribution in [0.15, 0.2) is 60.7 Å². The fraction of sp³-hybridized carbons (Fsp3) is 0.348. The number of hydrogen-bond donors (Lipinski definition) is 0. The van der Waals surface area contributed by atoms with Gasteiger partial charge in [-0.3, -0.25) is 9.69 Å². The Hall–Kier alpha value is -2.30. The molecule has 0 atom stereocenters. The van der Waals surface area contributed by atoms with Gasteiger partial charge in [-0.2, -0.15) is 0 Å². The maximum Gasteiger partial charge on any atom is 0.236 e. The van der Waals surface area contributed by atoms with Gasteiger partial charge in [0.05, 0.1) is 6.54 Å². The maximum absolute atomic E-state index is 12.7. The predicted octanol–water partition coefficient (Wildman–Crippen LogP) is 3.78. The molecule has 1 amide bonds. The summed E-state index contributed by atoms with van der Waals surface area (Å²) in [5.41, 5.74) is 3.82. The number of amides is 1. The molecule has 0 radical (unpaired) electrons. The highest BCUT2D eigenvalue weighted by atomic mass is 35.5. The van der Waals surface area contributed by atoms with Gasteiger partial charge in [-0.1, -0.05) is 54.1 Å². The molecule has 2 aromatic rings. The average molecular weight is 396 g/mol. The van der Waals surface area contributed by atoms with E-state index < -0.39 is 0 Å². The third-order valence-electron chi connectivity index (χ3n) is 5.60. The van der Waals surface area contributed by atoms with Crippen molar-refractivity contribution in [2.45, 2.75) is 6.42 Å². The van der Waals surface area contributed by atoms with Gasteiger partial charge in [-0.05, 0) is 35.8 Å². The van der Waals surface area contributed by atoms with E-state index >= 15 is 0 Å². The lowest BCUT2D eigenvalue weighted by molar-refractivity contribution is -0.132. The Kier molecular flexibility index (Phi) is 5.98. The Morgan fingerprint density at radius 3 is 2.39 bits per heavy atom. The highest BCUT2D eigenvalue weighted by Crippen LogP contribution is 2.23. The maximum atomic E-state index is 12.7. The molecule has 0 aliphatic carbocycles. The molecule has 146 valence electrons. The second-order valence-electron chi connectivity index (χ2n) is 7.43. The lowest BCUT2D eigenvalue weighted by atomic mass is 9.99. The van der Waals surface area contributed by atoms with E-state index in [0.29, 0.717) is 6.54 Å². The Morgan fingerprint density at radius 2 is 1.71 bits per heavy atom. The number of nitrogens with zero attached hydrogens (tertiary/aromatic N) is 3. The fourth-order valence-electron chi connectivity index (χ4n) is 3.95. The number of carbonyl (C=O) groups is 1. The first-order chi connectivity index (χ1) is 13.7. The zero-order valence-electron chi connectivity index (χ0n) is 16.1. The number of halogens is 1. The highest BCUT2D eigenvalue weighted by molar-refractivity contribution is 6.30. The number of hydrogen-bond acceptors (Lipinski definition) is 3. The number of piperazine rings is 1. The van der Waals surface area contributed by atoms with E-state index in [2.05, 4.69) is 46.2 Å². The van der Waals surface area contributed by atoms with Gasteiger partial charge in [-0.15, -0.1) is 0 Å². The van der Waals surface area contributed by atoms with Gasteiger partial charge in [0, 0.05) is 50.0 Å². The van der Waals surface area contributed by atoms with Gasteiger partial charge in [0.25, 0.3) is 0 Å². The third kappa shape index (κ3) is 4.57. The topological polar surface area (TPSA) is 26.8 Å². The van der Waals surface area contributed by atoms with Crippen molar-refractivity contribution in [3.8, 4) is 0 Å². The summed E-state index contributed by atoms with van der Waals surface area (Å²) in [5.74, 6) is 0.238. The molecule has 0 unspecified atom stereocenters. The Bertz CT molecular complexity index is 844. The third-order valence-corrected chi connectivity index (χ3v) is 5.84. The second-order valence-corrected chi connectivity index (χ2v) is 7.86. The minimum atomic E-state index is 0.238. The first-order valence-corrected chi connectivity index (χ1v) is 10.3. The number of rotatable bonds is 4. The van der Waals surface area contributed by atoms with Crippen LogP contribution in [-0.4, -0.2) is 61.5 Å². The summed E-state index contributed by atoms with van der Waals surface area (Å²) in [6, 6.07) is 18.5. The Labute approximate surface area is 172 Å². The minimum Gasteiger partial charge on any atom is -0.368 e. The number of carbonyl (C=O) groups excluding carboxylic acids is 1. The van der Waals surface area contributed by atoms with Crippen LogP contribution < -0.4 is 4.90 Å². The normalized spacial score (nSPS) is 18.1. The summed E-state index contributed by atoms with van der Waals surface area (Å²) >= 11 is 6.10. The molecule has 0 N–H and O–H groups in total. The predicted molar refractivity (Wildman–Crippen MR) is 116 cm³/mol. The molecule has 2 aromatic carbocycles. The van der Waals surface area contributed by atoms with Crippen LogP contribution >= 0.6 is 11.6 Å². The summed E-state index contributed by atoms with van der Waals surface area (Å²) in [4.78, 5) is 19.3. The summed E-state index contributed by atoms with van der Waals surface area (Å²) in [6.45, 7) is 5.53. The number of benzene rings is 2. The Balaban J connectivity index is 1.27. The lowest BCUT2D eigenvalue weighted by Crippen LogP contribution is -2.51. The molecular weight excluding hydrogens is 370 g/mol. The van der Waals surface area contributed by atoms with Crippen LogP contribution in [0, 0.1) is 0 Å². The first-order valence-electron chi connectivity index (χ1n) is 9.94. The Morgan fingerprint density at radius 1 is 0.929 bits per heavy atom. The molecule has 0 saturated carbocycles. The standard InChI is InChI=1S/C23H26ClN3O/c24-21-7-4-8-22(17-21)26-13-15-27(16-14-26)23(28)18-25-11-9-20(10-12-25)19-5-2-1-3-6-19/h1-9,17H,10-16,18H2. The summed E-state index contributed by atoms with van der Waals surface area (Å²) in [5, 5.41) is 0.754. The van der Waals surface area contributed by atoms with E-state index in [9.17, 15) is 4.79 Å². The molecule has 4 rings (SSSR count). The van der Waals surface area contributed by atoms with Crippen LogP contribution in [0.1, 0.15) is 12.0 Å². The van der Waals surface area contributed by atoms with Gasteiger partial charge >= 0.3 is 0 Å². The second kappa shape index (κ2) is 8.80. The largest absolute Gasteiger partial charge is 0.368 e. The van der Waals surface area contributed by atoms with Gasteiger partial charge in [0.1, 0.15) is 0 Å². The monoisotopic (exact) mass is 395 g/mol. The van der Waals surface area contributed by atoms with Crippen molar-refractivity contribution in [1.29, 1.82) is 0 Å². The van der Waals surface area contributed by atoms with Crippen LogP contribution in [0.2, 0.25) is 5.02 Å². The van der Waals surface area contributed by atoms with Crippen molar-refractivity contribution in [3.63, 3.8) is 0 Å². The zero-order valence-corrected chi connectivity index (χ0v) is 16.8. The van der Waals surface area contributed by atoms with Crippen LogP contribution in [0.3, 0.4) is 0 Å². The molecule has 28 heavy (non-hydrogen) atoms. The van der Waals surface area contributed by atoms with Gasteiger partial charge in [0.15, 0.2) is 0 Å². The molecule has 0 aromatic heterocycles.